The summed E-state index contributed by atoms with van der Waals surface area (Å²) in [5, 5.41) is 19.6. The van der Waals surface area contributed by atoms with E-state index >= 15 is 0 Å². The fourth-order valence-electron chi connectivity index (χ4n) is 7.20. The number of imide groups is 2. The summed E-state index contributed by atoms with van der Waals surface area (Å²) < 4.78 is 5.22. The highest BCUT2D eigenvalue weighted by molar-refractivity contribution is 9.09. The van der Waals surface area contributed by atoms with Crippen molar-refractivity contribution in [2.75, 3.05) is 19.1 Å². The Balaban J connectivity index is 1.38. The predicted molar refractivity (Wildman–Crippen MR) is 166 cm³/mol. The summed E-state index contributed by atoms with van der Waals surface area (Å²) in [6.07, 6.45) is 5.91. The van der Waals surface area contributed by atoms with Crippen LogP contribution in [-0.2, 0) is 25.6 Å². The molecule has 2 aliphatic heterocycles. The Morgan fingerprint density at radius 2 is 1.73 bits per heavy atom. The number of likely N-dealkylation sites (tertiary alicyclic amines) is 2. The molecular formula is C32H29BrCl2N2O7. The van der Waals surface area contributed by atoms with Crippen molar-refractivity contribution in [2.45, 2.75) is 29.0 Å². The molecule has 6 atom stereocenters. The monoisotopic (exact) mass is 702 g/mol. The van der Waals surface area contributed by atoms with Crippen LogP contribution in [0.2, 0.25) is 0 Å². The zero-order chi connectivity index (χ0) is 31.6. The number of halogens is 3. The van der Waals surface area contributed by atoms with Gasteiger partial charge in [-0.3, -0.25) is 29.0 Å². The van der Waals surface area contributed by atoms with E-state index in [1.54, 1.807) is 48.6 Å². The highest BCUT2D eigenvalue weighted by Gasteiger charge is 2.75. The summed E-state index contributed by atoms with van der Waals surface area (Å²) >= 11 is 17.6. The maximum absolute atomic E-state index is 13.9. The van der Waals surface area contributed by atoms with Crippen LogP contribution in [0.4, 0.5) is 0 Å². The highest BCUT2D eigenvalue weighted by atomic mass is 79.9. The molecule has 4 aliphatic rings. The van der Waals surface area contributed by atoms with Crippen LogP contribution < -0.4 is 4.74 Å². The third-order valence-electron chi connectivity index (χ3n) is 9.41. The first-order valence-electron chi connectivity index (χ1n) is 14.1. The van der Waals surface area contributed by atoms with Crippen LogP contribution in [0.15, 0.2) is 60.2 Å². The number of hydrogen-bond acceptors (Lipinski definition) is 7. The molecule has 2 heterocycles. The van der Waals surface area contributed by atoms with Gasteiger partial charge in [0.1, 0.15) is 5.75 Å². The Morgan fingerprint density at radius 3 is 2.41 bits per heavy atom. The molecule has 3 fully saturated rings. The number of amides is 4. The molecule has 9 nitrogen and oxygen atoms in total. The second-order valence-electron chi connectivity index (χ2n) is 11.6. The van der Waals surface area contributed by atoms with Gasteiger partial charge in [-0.2, -0.15) is 0 Å². The average Bonchev–Trinajstić information content (AvgIpc) is 3.34. The Labute approximate surface area is 272 Å². The second-order valence-corrected chi connectivity index (χ2v) is 13.3. The van der Waals surface area contributed by atoms with Crippen LogP contribution >= 0.6 is 39.1 Å². The third-order valence-corrected chi connectivity index (χ3v) is 11.3. The predicted octanol–water partition coefficient (Wildman–Crippen LogP) is 4.61. The number of allylic oxidation sites excluding steroid dienone is 3. The van der Waals surface area contributed by atoms with Gasteiger partial charge in [0.15, 0.2) is 21.2 Å². The molecule has 2 aromatic carbocycles. The van der Waals surface area contributed by atoms with Gasteiger partial charge in [0.05, 0.1) is 24.4 Å². The van der Waals surface area contributed by atoms with Crippen molar-refractivity contribution in [3.05, 3.63) is 71.3 Å². The minimum atomic E-state index is -1.88. The Hall–Kier alpha value is -3.34. The van der Waals surface area contributed by atoms with Crippen molar-refractivity contribution in [1.82, 2.24) is 9.80 Å². The smallest absolute Gasteiger partial charge is 0.254 e. The molecule has 0 bridgehead atoms. The second kappa shape index (κ2) is 11.2. The van der Waals surface area contributed by atoms with Gasteiger partial charge in [-0.05, 0) is 60.6 Å². The lowest BCUT2D eigenvalue weighted by Crippen LogP contribution is -2.60. The molecule has 6 rings (SSSR count). The number of rotatable bonds is 7. The van der Waals surface area contributed by atoms with Crippen LogP contribution in [0, 0.1) is 23.7 Å². The van der Waals surface area contributed by atoms with E-state index < -0.39 is 45.2 Å². The maximum atomic E-state index is 13.9. The van der Waals surface area contributed by atoms with Crippen molar-refractivity contribution in [3.8, 4) is 17.2 Å². The Morgan fingerprint density at radius 1 is 1.00 bits per heavy atom. The molecule has 2 saturated heterocycles. The van der Waals surface area contributed by atoms with Crippen LogP contribution in [0.1, 0.15) is 24.0 Å². The first kappa shape index (κ1) is 30.7. The number of aromatic hydroxyl groups is 2. The third kappa shape index (κ3) is 4.48. The number of carbonyl (C=O) groups excluding carboxylic acids is 4. The van der Waals surface area contributed by atoms with Gasteiger partial charge in [0, 0.05) is 12.5 Å². The van der Waals surface area contributed by atoms with Crippen molar-refractivity contribution >= 4 is 68.8 Å². The molecule has 1 saturated carbocycles. The number of nitrogens with zero attached hydrogens (tertiary/aromatic N) is 2. The SMILES string of the molecule is COc1cc(C=CC2C3=CCC4C(=O)N(CCc5ccc(O)cc5)C(=O)C4C3CC3(Cl)C(=O)N(CBr)C(=O)C23Cl)ccc1O. The normalized spacial score (nSPS) is 31.3. The number of alkyl halides is 3. The van der Waals surface area contributed by atoms with E-state index in [-0.39, 0.29) is 53.9 Å². The fraction of sp³-hybridized carbons (Fsp3) is 0.375. The van der Waals surface area contributed by atoms with Crippen LogP contribution in [0.5, 0.6) is 17.2 Å². The largest absolute Gasteiger partial charge is 0.508 e. The first-order valence-corrected chi connectivity index (χ1v) is 16.0. The van der Waals surface area contributed by atoms with Crippen molar-refractivity contribution in [3.63, 3.8) is 0 Å². The minimum Gasteiger partial charge on any atom is -0.508 e. The van der Waals surface area contributed by atoms with Gasteiger partial charge in [0.25, 0.3) is 11.8 Å². The molecule has 6 unspecified atom stereocenters. The van der Waals surface area contributed by atoms with E-state index in [1.165, 1.54) is 18.1 Å². The Kier molecular flexibility index (Phi) is 7.83. The number of phenolic OH excluding ortho intramolecular Hbond substituents is 2. The summed E-state index contributed by atoms with van der Waals surface area (Å²) in [7, 11) is 1.43. The average molecular weight is 704 g/mol. The van der Waals surface area contributed by atoms with E-state index in [9.17, 15) is 29.4 Å². The maximum Gasteiger partial charge on any atom is 0.254 e. The number of fused-ring (bicyclic) bond motifs is 4. The van der Waals surface area contributed by atoms with Crippen molar-refractivity contribution in [1.29, 1.82) is 0 Å². The fourth-order valence-corrected chi connectivity index (χ4v) is 8.58. The number of methoxy groups -OCH3 is 1. The summed E-state index contributed by atoms with van der Waals surface area (Å²) in [5.41, 5.74) is 2.09. The number of ether oxygens (including phenoxy) is 1. The van der Waals surface area contributed by atoms with E-state index in [0.29, 0.717) is 17.6 Å². The molecule has 4 amide bonds. The molecule has 0 spiro atoms. The lowest BCUT2D eigenvalue weighted by Gasteiger charge is -2.49. The van der Waals surface area contributed by atoms with E-state index in [0.717, 1.165) is 10.5 Å². The highest BCUT2D eigenvalue weighted by Crippen LogP contribution is 2.63. The quantitative estimate of drug-likeness (QED) is 0.187. The molecule has 230 valence electrons. The van der Waals surface area contributed by atoms with Crippen molar-refractivity contribution in [2.24, 2.45) is 23.7 Å². The molecule has 2 N–H and O–H groups in total. The number of carbonyl (C=O) groups is 4. The summed E-state index contributed by atoms with van der Waals surface area (Å²) in [5.74, 6) is -4.43. The summed E-state index contributed by atoms with van der Waals surface area (Å²) in [6.45, 7) is 0.170. The summed E-state index contributed by atoms with van der Waals surface area (Å²) in [4.78, 5) is 53.5. The lowest BCUT2D eigenvalue weighted by atomic mass is 9.57. The van der Waals surface area contributed by atoms with E-state index in [4.69, 9.17) is 27.9 Å². The van der Waals surface area contributed by atoms with Crippen LogP contribution in [0.25, 0.3) is 6.08 Å². The molecule has 2 aliphatic carbocycles. The standard InChI is InChI=1S/C32H29BrCl2N2O7/c1-44-25-14-18(5-11-24(25)39)4-10-23-20-8-9-21-26(22(20)15-31(34)29(42)37(16-33)30(43)32(23,31)35)28(41)36(27(21)40)13-12-17-2-6-19(38)7-3-17/h2-8,10-11,14,21-23,26,38-39H,9,12-13,15-16H2,1H3. The zero-order valence-corrected chi connectivity index (χ0v) is 26.7. The zero-order valence-electron chi connectivity index (χ0n) is 23.6. The molecule has 0 radical (unpaired) electrons. The van der Waals surface area contributed by atoms with E-state index in [1.807, 2.05) is 6.08 Å². The van der Waals surface area contributed by atoms with Crippen LogP contribution in [-0.4, -0.2) is 72.5 Å². The molecular weight excluding hydrogens is 675 g/mol. The van der Waals surface area contributed by atoms with Gasteiger partial charge in [0.2, 0.25) is 11.8 Å². The van der Waals surface area contributed by atoms with Gasteiger partial charge in [-0.15, -0.1) is 23.2 Å². The molecule has 44 heavy (non-hydrogen) atoms. The van der Waals surface area contributed by atoms with Gasteiger partial charge >= 0.3 is 0 Å². The van der Waals surface area contributed by atoms with E-state index in [2.05, 4.69) is 15.9 Å². The molecule has 0 aromatic heterocycles. The summed E-state index contributed by atoms with van der Waals surface area (Å²) in [6, 6.07) is 11.3. The number of benzene rings is 2. The van der Waals surface area contributed by atoms with Gasteiger partial charge < -0.3 is 14.9 Å². The molecule has 12 heteroatoms. The molecule has 2 aromatic rings. The number of phenols is 2. The minimum absolute atomic E-state index is 0.0408. The number of hydrogen-bond donors (Lipinski definition) is 2. The topological polar surface area (TPSA) is 124 Å². The first-order chi connectivity index (χ1) is 21.0. The van der Waals surface area contributed by atoms with Gasteiger partial charge in [-0.1, -0.05) is 57.9 Å². The van der Waals surface area contributed by atoms with Crippen LogP contribution in [0.3, 0.4) is 0 Å². The Bertz CT molecular complexity index is 1630. The van der Waals surface area contributed by atoms with Crippen molar-refractivity contribution < 1.29 is 34.1 Å². The lowest BCUT2D eigenvalue weighted by molar-refractivity contribution is -0.141. The van der Waals surface area contributed by atoms with Gasteiger partial charge in [-0.25, -0.2) is 0 Å².